The molecule has 0 amide bonds. The first-order valence-electron chi connectivity index (χ1n) is 24.5. The number of esters is 2. The zero-order chi connectivity index (χ0) is 40.3. The van der Waals surface area contributed by atoms with Crippen molar-refractivity contribution in [3.8, 4) is 0 Å². The van der Waals surface area contributed by atoms with Crippen LogP contribution < -0.4 is 0 Å². The molecule has 0 heterocycles. The molecular weight excluding hydrogens is 685 g/mol. The monoisotopic (exact) mass is 779 g/mol. The molecule has 0 aromatic rings. The Bertz CT molecular complexity index is 828. The van der Waals surface area contributed by atoms with Crippen LogP contribution in [0.4, 0.5) is 0 Å². The van der Waals surface area contributed by atoms with Crippen LogP contribution >= 0.6 is 0 Å². The lowest BCUT2D eigenvalue weighted by atomic mass is 9.92. The fourth-order valence-corrected chi connectivity index (χ4v) is 7.71. The summed E-state index contributed by atoms with van der Waals surface area (Å²) in [4.78, 5) is 36.8. The quantitative estimate of drug-likeness (QED) is 0.0489. The molecule has 0 saturated heterocycles. The Kier molecular flexibility index (Phi) is 42.3. The van der Waals surface area contributed by atoms with E-state index < -0.39 is 17.8 Å². The van der Waals surface area contributed by atoms with Gasteiger partial charge in [0.25, 0.3) is 0 Å². The van der Waals surface area contributed by atoms with Crippen LogP contribution in [0, 0.1) is 11.8 Å². The van der Waals surface area contributed by atoms with Crippen LogP contribution in [-0.4, -0.2) is 36.2 Å². The molecule has 0 aliphatic carbocycles. The summed E-state index contributed by atoms with van der Waals surface area (Å²) in [6, 6.07) is 0. The first-order valence-corrected chi connectivity index (χ1v) is 24.5. The summed E-state index contributed by atoms with van der Waals surface area (Å²) < 4.78 is 11.0. The predicted molar refractivity (Wildman–Crippen MR) is 234 cm³/mol. The van der Waals surface area contributed by atoms with Gasteiger partial charge in [-0.1, -0.05) is 239 Å². The Morgan fingerprint density at radius 3 is 0.982 bits per heavy atom. The van der Waals surface area contributed by atoms with Crippen molar-refractivity contribution in [1.82, 2.24) is 0 Å². The van der Waals surface area contributed by atoms with Gasteiger partial charge in [-0.25, -0.2) is 0 Å². The zero-order valence-electron chi connectivity index (χ0n) is 37.1. The van der Waals surface area contributed by atoms with Gasteiger partial charge in [0.1, 0.15) is 0 Å². The minimum atomic E-state index is -0.932. The van der Waals surface area contributed by atoms with E-state index in [9.17, 15) is 19.5 Å². The van der Waals surface area contributed by atoms with Crippen LogP contribution in [0.2, 0.25) is 0 Å². The van der Waals surface area contributed by atoms with Crippen molar-refractivity contribution in [3.05, 3.63) is 0 Å². The van der Waals surface area contributed by atoms with E-state index in [1.807, 2.05) is 0 Å². The number of aliphatic carboxylic acids is 1. The van der Waals surface area contributed by atoms with Gasteiger partial charge in [0, 0.05) is 6.42 Å². The van der Waals surface area contributed by atoms with Crippen LogP contribution in [0.3, 0.4) is 0 Å². The van der Waals surface area contributed by atoms with E-state index in [2.05, 4.69) is 13.8 Å². The minimum absolute atomic E-state index is 0.115. The Hall–Kier alpha value is -1.59. The topological polar surface area (TPSA) is 89.9 Å². The number of carbonyl (C=O) groups is 3. The lowest BCUT2D eigenvalue weighted by Crippen LogP contribution is -2.24. The molecule has 55 heavy (non-hydrogen) atoms. The number of unbranched alkanes of at least 4 members (excludes halogenated alkanes) is 34. The van der Waals surface area contributed by atoms with E-state index in [-0.39, 0.29) is 31.2 Å². The van der Waals surface area contributed by atoms with Gasteiger partial charge in [-0.05, 0) is 25.7 Å². The van der Waals surface area contributed by atoms with Crippen LogP contribution in [0.1, 0.15) is 271 Å². The van der Waals surface area contributed by atoms with Gasteiger partial charge in [0.15, 0.2) is 0 Å². The van der Waals surface area contributed by atoms with Gasteiger partial charge < -0.3 is 14.6 Å². The summed E-state index contributed by atoms with van der Waals surface area (Å²) in [5.41, 5.74) is 0. The van der Waals surface area contributed by atoms with Gasteiger partial charge in [0.05, 0.1) is 25.0 Å². The summed E-state index contributed by atoms with van der Waals surface area (Å²) in [6.07, 6.45) is 47.9. The molecule has 0 aromatic heterocycles. The van der Waals surface area contributed by atoms with Crippen LogP contribution in [0.5, 0.6) is 0 Å². The highest BCUT2D eigenvalue weighted by molar-refractivity contribution is 5.76. The van der Waals surface area contributed by atoms with Crippen LogP contribution in [0.25, 0.3) is 0 Å². The molecule has 1 N–H and O–H groups in total. The zero-order valence-corrected chi connectivity index (χ0v) is 37.1. The third-order valence-corrected chi connectivity index (χ3v) is 11.6. The van der Waals surface area contributed by atoms with Gasteiger partial charge in [0.2, 0.25) is 0 Å². The molecule has 0 bridgehead atoms. The summed E-state index contributed by atoms with van der Waals surface area (Å²) in [5.74, 6) is -2.89. The van der Waals surface area contributed by atoms with Gasteiger partial charge >= 0.3 is 17.9 Å². The molecule has 0 aliphatic rings. The average Bonchev–Trinajstić information content (AvgIpc) is 3.17. The molecule has 6 heteroatoms. The highest BCUT2D eigenvalue weighted by Gasteiger charge is 2.26. The van der Waals surface area contributed by atoms with Crippen LogP contribution in [-0.2, 0) is 23.9 Å². The first kappa shape index (κ1) is 53.4. The van der Waals surface area contributed by atoms with E-state index in [0.29, 0.717) is 13.2 Å². The lowest BCUT2D eigenvalue weighted by Gasteiger charge is -2.18. The van der Waals surface area contributed by atoms with Crippen molar-refractivity contribution in [2.45, 2.75) is 271 Å². The van der Waals surface area contributed by atoms with Gasteiger partial charge in [-0.15, -0.1) is 0 Å². The van der Waals surface area contributed by atoms with E-state index >= 15 is 0 Å². The molecule has 326 valence electrons. The highest BCUT2D eigenvalue weighted by atomic mass is 16.5. The van der Waals surface area contributed by atoms with Gasteiger partial charge in [-0.2, -0.15) is 0 Å². The fraction of sp³-hybridized carbons (Fsp3) is 0.939. The van der Waals surface area contributed by atoms with Crippen molar-refractivity contribution >= 4 is 17.9 Å². The number of rotatable bonds is 45. The summed E-state index contributed by atoms with van der Waals surface area (Å²) in [5, 5.41) is 9.42. The maximum absolute atomic E-state index is 12.9. The Labute approximate surface area is 342 Å². The number of hydrogen-bond acceptors (Lipinski definition) is 5. The normalized spacial score (nSPS) is 12.5. The molecule has 0 rings (SSSR count). The molecule has 0 radical (unpaired) electrons. The van der Waals surface area contributed by atoms with E-state index in [1.54, 1.807) is 6.92 Å². The van der Waals surface area contributed by atoms with Gasteiger partial charge in [-0.3, -0.25) is 14.4 Å². The molecule has 2 unspecified atom stereocenters. The third kappa shape index (κ3) is 40.4. The second-order valence-electron chi connectivity index (χ2n) is 17.1. The molecule has 0 spiro atoms. The van der Waals surface area contributed by atoms with Crippen molar-refractivity contribution in [1.29, 1.82) is 0 Å². The molecule has 2 atom stereocenters. The van der Waals surface area contributed by atoms with Crippen molar-refractivity contribution in [2.24, 2.45) is 11.8 Å². The maximum Gasteiger partial charge on any atom is 0.308 e. The van der Waals surface area contributed by atoms with E-state index in [0.717, 1.165) is 32.1 Å². The molecule has 0 fully saturated rings. The second-order valence-corrected chi connectivity index (χ2v) is 17.1. The minimum Gasteiger partial charge on any atom is -0.481 e. The predicted octanol–water partition coefficient (Wildman–Crippen LogP) is 15.7. The Balaban J connectivity index is 3.80. The summed E-state index contributed by atoms with van der Waals surface area (Å²) in [6.45, 7) is 6.94. The highest BCUT2D eigenvalue weighted by Crippen LogP contribution is 2.21. The smallest absolute Gasteiger partial charge is 0.308 e. The van der Waals surface area contributed by atoms with Crippen molar-refractivity contribution in [2.75, 3.05) is 13.2 Å². The summed E-state index contributed by atoms with van der Waals surface area (Å²) >= 11 is 0. The SMILES string of the molecule is CCCCCCCCCCCCCCCCCCCCOC(=O)CCC(CC(C)C(=O)O)C(=O)OCCCCCCCCCCCCCCCCCCCC. The lowest BCUT2D eigenvalue weighted by molar-refractivity contribution is -0.151. The fourth-order valence-electron chi connectivity index (χ4n) is 7.71. The van der Waals surface area contributed by atoms with E-state index in [1.165, 1.54) is 199 Å². The average molecular weight is 779 g/mol. The Morgan fingerprint density at radius 1 is 0.418 bits per heavy atom. The Morgan fingerprint density at radius 2 is 0.691 bits per heavy atom. The molecule has 0 saturated carbocycles. The molecule has 0 aliphatic heterocycles. The molecule has 6 nitrogen and oxygen atoms in total. The number of carbonyl (C=O) groups excluding carboxylic acids is 2. The number of carboxylic acid groups (broad SMARTS) is 1. The van der Waals surface area contributed by atoms with Crippen molar-refractivity contribution in [3.63, 3.8) is 0 Å². The third-order valence-electron chi connectivity index (χ3n) is 11.6. The molecular formula is C49H94O6. The number of hydrogen-bond donors (Lipinski definition) is 1. The van der Waals surface area contributed by atoms with Crippen molar-refractivity contribution < 1.29 is 29.0 Å². The number of ether oxygens (including phenoxy) is 2. The summed E-state index contributed by atoms with van der Waals surface area (Å²) in [7, 11) is 0. The number of carboxylic acids is 1. The van der Waals surface area contributed by atoms with Crippen LogP contribution in [0.15, 0.2) is 0 Å². The second kappa shape index (κ2) is 43.5. The first-order chi connectivity index (χ1) is 26.9. The standard InChI is InChI=1S/C49H94O6/c1-4-6-8-10-12-14-16-18-20-22-24-26-28-30-32-34-36-38-42-54-47(50)41-40-46(44-45(3)48(51)52)49(53)55-43-39-37-35-33-31-29-27-25-23-21-19-17-15-13-11-9-7-5-2/h45-46H,4-44H2,1-3H3,(H,51,52). The molecule has 0 aromatic carbocycles. The maximum atomic E-state index is 12.9. The largest absolute Gasteiger partial charge is 0.481 e. The van der Waals surface area contributed by atoms with E-state index in [4.69, 9.17) is 9.47 Å².